The van der Waals surface area contributed by atoms with Gasteiger partial charge in [0, 0.05) is 18.4 Å². The zero-order valence-electron chi connectivity index (χ0n) is 9.36. The van der Waals surface area contributed by atoms with Crippen molar-refractivity contribution in [3.8, 4) is 0 Å². The van der Waals surface area contributed by atoms with Crippen LogP contribution in [0.3, 0.4) is 0 Å². The van der Waals surface area contributed by atoms with E-state index in [1.54, 1.807) is 0 Å². The van der Waals surface area contributed by atoms with Gasteiger partial charge in [-0.15, -0.1) is 0 Å². The minimum atomic E-state index is 0.506. The Balaban J connectivity index is 0.000000461. The summed E-state index contributed by atoms with van der Waals surface area (Å²) in [5.74, 6) is 0. The van der Waals surface area contributed by atoms with Crippen molar-refractivity contribution >= 4 is 11.0 Å². The van der Waals surface area contributed by atoms with E-state index in [2.05, 4.69) is 41.7 Å². The van der Waals surface area contributed by atoms with E-state index < -0.39 is 0 Å². The third kappa shape index (κ3) is 1.95. The Morgan fingerprint density at radius 2 is 1.93 bits per heavy atom. The smallest absolute Gasteiger partial charge is 0.0880 e. The Morgan fingerprint density at radius 3 is 2.57 bits per heavy atom. The molecule has 0 aliphatic carbocycles. The molecule has 2 aromatic heterocycles. The molecule has 0 amide bonds. The lowest BCUT2D eigenvalue weighted by molar-refractivity contribution is 0.623. The number of fused-ring (bicyclic) bond motifs is 1. The average molecular weight is 190 g/mol. The second-order valence-electron chi connectivity index (χ2n) is 3.22. The summed E-state index contributed by atoms with van der Waals surface area (Å²) in [5.41, 5.74) is 2.29. The molecular formula is C12H18N2. The van der Waals surface area contributed by atoms with Gasteiger partial charge in [0.05, 0.1) is 11.0 Å². The Kier molecular flexibility index (Phi) is 3.69. The maximum atomic E-state index is 4.26. The van der Waals surface area contributed by atoms with Crippen LogP contribution in [0.4, 0.5) is 0 Å². The fourth-order valence-electron chi connectivity index (χ4n) is 1.44. The van der Waals surface area contributed by atoms with Gasteiger partial charge in [0.2, 0.25) is 0 Å². The molecular weight excluding hydrogens is 172 g/mol. The molecule has 2 aromatic rings. The molecule has 0 aliphatic heterocycles. The fraction of sp³-hybridized carbons (Fsp3) is 0.417. The summed E-state index contributed by atoms with van der Waals surface area (Å²) < 4.78 is 2.22. The fourth-order valence-corrected chi connectivity index (χ4v) is 1.44. The summed E-state index contributed by atoms with van der Waals surface area (Å²) in [6.07, 6.45) is 3.91. The monoisotopic (exact) mass is 190 g/mol. The highest BCUT2D eigenvalue weighted by atomic mass is 15.0. The number of pyridine rings is 1. The molecule has 0 aliphatic rings. The van der Waals surface area contributed by atoms with Crippen molar-refractivity contribution in [2.45, 2.75) is 33.7 Å². The average Bonchev–Trinajstić information content (AvgIpc) is 2.64. The van der Waals surface area contributed by atoms with E-state index in [1.807, 2.05) is 26.1 Å². The van der Waals surface area contributed by atoms with Crippen molar-refractivity contribution < 1.29 is 0 Å². The van der Waals surface area contributed by atoms with E-state index in [0.717, 1.165) is 5.52 Å². The lowest BCUT2D eigenvalue weighted by Crippen LogP contribution is -1.97. The molecule has 0 unspecified atom stereocenters. The number of hydrogen-bond donors (Lipinski definition) is 0. The van der Waals surface area contributed by atoms with Gasteiger partial charge in [-0.1, -0.05) is 13.8 Å². The Bertz CT molecular complexity index is 388. The molecule has 0 saturated carbocycles. The SMILES string of the molecule is CC.CC(C)n1ccc2ncccc21. The van der Waals surface area contributed by atoms with E-state index in [0.29, 0.717) is 6.04 Å². The predicted octanol–water partition coefficient (Wildman–Crippen LogP) is 3.64. The van der Waals surface area contributed by atoms with E-state index in [4.69, 9.17) is 0 Å². The van der Waals surface area contributed by atoms with Crippen LogP contribution in [-0.4, -0.2) is 9.55 Å². The third-order valence-electron chi connectivity index (χ3n) is 2.04. The van der Waals surface area contributed by atoms with Gasteiger partial charge >= 0.3 is 0 Å². The predicted molar refractivity (Wildman–Crippen MR) is 61.5 cm³/mol. The lowest BCUT2D eigenvalue weighted by atomic mass is 10.3. The summed E-state index contributed by atoms with van der Waals surface area (Å²) in [4.78, 5) is 4.26. The molecule has 0 radical (unpaired) electrons. The van der Waals surface area contributed by atoms with Crippen LogP contribution in [0, 0.1) is 0 Å². The number of rotatable bonds is 1. The van der Waals surface area contributed by atoms with Crippen molar-refractivity contribution in [1.82, 2.24) is 9.55 Å². The van der Waals surface area contributed by atoms with E-state index >= 15 is 0 Å². The quantitative estimate of drug-likeness (QED) is 0.671. The summed E-state index contributed by atoms with van der Waals surface area (Å²) >= 11 is 0. The topological polar surface area (TPSA) is 17.8 Å². The van der Waals surface area contributed by atoms with Crippen LogP contribution in [0.1, 0.15) is 33.7 Å². The van der Waals surface area contributed by atoms with Gasteiger partial charge in [0.1, 0.15) is 0 Å². The van der Waals surface area contributed by atoms with Gasteiger partial charge in [0.25, 0.3) is 0 Å². The largest absolute Gasteiger partial charge is 0.344 e. The molecule has 0 N–H and O–H groups in total. The normalized spacial score (nSPS) is 10.1. The maximum absolute atomic E-state index is 4.26. The summed E-state index contributed by atoms with van der Waals surface area (Å²) in [5, 5.41) is 0. The second-order valence-corrected chi connectivity index (χ2v) is 3.22. The van der Waals surface area contributed by atoms with Gasteiger partial charge in [-0.2, -0.15) is 0 Å². The third-order valence-corrected chi connectivity index (χ3v) is 2.04. The number of hydrogen-bond acceptors (Lipinski definition) is 1. The molecule has 76 valence electrons. The highest BCUT2D eigenvalue weighted by Crippen LogP contribution is 2.16. The summed E-state index contributed by atoms with van der Waals surface area (Å²) in [6.45, 7) is 8.35. The molecule has 14 heavy (non-hydrogen) atoms. The molecule has 2 rings (SSSR count). The molecule has 0 saturated heterocycles. The van der Waals surface area contributed by atoms with E-state index in [-0.39, 0.29) is 0 Å². The summed E-state index contributed by atoms with van der Waals surface area (Å²) in [6, 6.07) is 6.63. The molecule has 2 heteroatoms. The Morgan fingerprint density at radius 1 is 1.21 bits per heavy atom. The Labute approximate surface area is 85.6 Å². The van der Waals surface area contributed by atoms with Gasteiger partial charge in [0.15, 0.2) is 0 Å². The molecule has 0 spiro atoms. The van der Waals surface area contributed by atoms with Crippen molar-refractivity contribution in [2.24, 2.45) is 0 Å². The van der Waals surface area contributed by atoms with Gasteiger partial charge in [-0.05, 0) is 32.0 Å². The molecule has 0 bridgehead atoms. The Hall–Kier alpha value is -1.31. The van der Waals surface area contributed by atoms with Gasteiger partial charge in [-0.3, -0.25) is 4.98 Å². The van der Waals surface area contributed by atoms with Crippen molar-refractivity contribution in [3.63, 3.8) is 0 Å². The van der Waals surface area contributed by atoms with E-state index in [9.17, 15) is 0 Å². The van der Waals surface area contributed by atoms with Crippen LogP contribution in [0.5, 0.6) is 0 Å². The first-order valence-electron chi connectivity index (χ1n) is 5.20. The van der Waals surface area contributed by atoms with Crippen LogP contribution < -0.4 is 0 Å². The molecule has 0 fully saturated rings. The highest BCUT2D eigenvalue weighted by Gasteiger charge is 2.02. The standard InChI is InChI=1S/C10H12N2.C2H6/c1-8(2)12-7-5-9-10(12)4-3-6-11-9;1-2/h3-8H,1-2H3;1-2H3. The zero-order valence-corrected chi connectivity index (χ0v) is 9.36. The number of nitrogens with zero attached hydrogens (tertiary/aromatic N) is 2. The summed E-state index contributed by atoms with van der Waals surface area (Å²) in [7, 11) is 0. The molecule has 2 nitrogen and oxygen atoms in total. The van der Waals surface area contributed by atoms with Crippen LogP contribution >= 0.6 is 0 Å². The van der Waals surface area contributed by atoms with Gasteiger partial charge in [-0.25, -0.2) is 0 Å². The van der Waals surface area contributed by atoms with Crippen molar-refractivity contribution in [3.05, 3.63) is 30.6 Å². The first-order valence-corrected chi connectivity index (χ1v) is 5.20. The van der Waals surface area contributed by atoms with Crippen molar-refractivity contribution in [2.75, 3.05) is 0 Å². The number of aromatic nitrogens is 2. The van der Waals surface area contributed by atoms with Crippen molar-refractivity contribution in [1.29, 1.82) is 0 Å². The van der Waals surface area contributed by atoms with Crippen LogP contribution in [0.2, 0.25) is 0 Å². The second kappa shape index (κ2) is 4.80. The van der Waals surface area contributed by atoms with Crippen LogP contribution in [0.15, 0.2) is 30.6 Å². The van der Waals surface area contributed by atoms with E-state index in [1.165, 1.54) is 5.52 Å². The first-order chi connectivity index (χ1) is 6.79. The minimum absolute atomic E-state index is 0.506. The lowest BCUT2D eigenvalue weighted by Gasteiger charge is -2.07. The van der Waals surface area contributed by atoms with Crippen LogP contribution in [0.25, 0.3) is 11.0 Å². The van der Waals surface area contributed by atoms with Crippen LogP contribution in [-0.2, 0) is 0 Å². The maximum Gasteiger partial charge on any atom is 0.0880 e. The minimum Gasteiger partial charge on any atom is -0.344 e. The molecule has 0 aromatic carbocycles. The molecule has 0 atom stereocenters. The first kappa shape index (κ1) is 10.8. The molecule has 2 heterocycles. The zero-order chi connectivity index (χ0) is 10.6. The highest BCUT2D eigenvalue weighted by molar-refractivity contribution is 5.75. The van der Waals surface area contributed by atoms with Gasteiger partial charge < -0.3 is 4.57 Å².